The van der Waals surface area contributed by atoms with Crippen LogP contribution in [0, 0.1) is 17.8 Å². The number of piperidine rings is 1. The van der Waals surface area contributed by atoms with E-state index in [-0.39, 0.29) is 11.8 Å². The maximum absolute atomic E-state index is 11.1. The molecule has 1 aliphatic heterocycles. The standard InChI is InChI=1S/C11H21NO2/c1-8(2)10(11(13)14)9-5-4-6-12(3)7-9/h8-10H,4-7H2,1-3H3,(H,13,14). The first kappa shape index (κ1) is 11.5. The number of likely N-dealkylation sites (tertiary alicyclic amines) is 1. The molecule has 3 heteroatoms. The molecule has 82 valence electrons. The summed E-state index contributed by atoms with van der Waals surface area (Å²) in [6.45, 7) is 6.07. The molecule has 0 aromatic carbocycles. The van der Waals surface area contributed by atoms with Crippen molar-refractivity contribution >= 4 is 5.97 Å². The first-order chi connectivity index (χ1) is 6.52. The predicted molar refractivity (Wildman–Crippen MR) is 56.2 cm³/mol. The van der Waals surface area contributed by atoms with Crippen LogP contribution in [0.4, 0.5) is 0 Å². The number of carbonyl (C=O) groups is 1. The Labute approximate surface area is 86.1 Å². The number of carboxylic acids is 1. The summed E-state index contributed by atoms with van der Waals surface area (Å²) in [5, 5.41) is 9.16. The van der Waals surface area contributed by atoms with Gasteiger partial charge in [0.05, 0.1) is 5.92 Å². The Hall–Kier alpha value is -0.570. The van der Waals surface area contributed by atoms with Crippen molar-refractivity contribution in [2.45, 2.75) is 26.7 Å². The van der Waals surface area contributed by atoms with E-state index in [2.05, 4.69) is 11.9 Å². The molecule has 1 rings (SSSR count). The SMILES string of the molecule is CC(C)C(C(=O)O)C1CCCN(C)C1. The average molecular weight is 199 g/mol. The molecule has 0 aromatic rings. The van der Waals surface area contributed by atoms with E-state index in [4.69, 9.17) is 5.11 Å². The van der Waals surface area contributed by atoms with Gasteiger partial charge >= 0.3 is 5.97 Å². The van der Waals surface area contributed by atoms with Gasteiger partial charge in [0.1, 0.15) is 0 Å². The first-order valence-electron chi connectivity index (χ1n) is 5.43. The van der Waals surface area contributed by atoms with E-state index in [1.165, 1.54) is 0 Å². The third-order valence-corrected chi connectivity index (χ3v) is 3.17. The number of carboxylic acid groups (broad SMARTS) is 1. The van der Waals surface area contributed by atoms with Crippen molar-refractivity contribution in [1.82, 2.24) is 4.90 Å². The van der Waals surface area contributed by atoms with Crippen molar-refractivity contribution in [1.29, 1.82) is 0 Å². The molecule has 0 aromatic heterocycles. The first-order valence-corrected chi connectivity index (χ1v) is 5.43. The maximum Gasteiger partial charge on any atom is 0.307 e. The maximum atomic E-state index is 11.1. The van der Waals surface area contributed by atoms with E-state index in [0.717, 1.165) is 25.9 Å². The Bertz CT molecular complexity index is 203. The van der Waals surface area contributed by atoms with Gasteiger partial charge in [0.25, 0.3) is 0 Å². The number of rotatable bonds is 3. The Morgan fingerprint density at radius 1 is 1.50 bits per heavy atom. The lowest BCUT2D eigenvalue weighted by Gasteiger charge is -2.34. The smallest absolute Gasteiger partial charge is 0.307 e. The van der Waals surface area contributed by atoms with E-state index in [1.54, 1.807) is 0 Å². The van der Waals surface area contributed by atoms with E-state index in [0.29, 0.717) is 5.92 Å². The summed E-state index contributed by atoms with van der Waals surface area (Å²) in [7, 11) is 2.07. The lowest BCUT2D eigenvalue weighted by atomic mass is 9.79. The zero-order valence-electron chi connectivity index (χ0n) is 9.36. The van der Waals surface area contributed by atoms with Gasteiger partial charge in [-0.3, -0.25) is 4.79 Å². The Morgan fingerprint density at radius 3 is 2.57 bits per heavy atom. The highest BCUT2D eigenvalue weighted by atomic mass is 16.4. The Morgan fingerprint density at radius 2 is 2.14 bits per heavy atom. The van der Waals surface area contributed by atoms with Crippen LogP contribution >= 0.6 is 0 Å². The van der Waals surface area contributed by atoms with Gasteiger partial charge in [0.2, 0.25) is 0 Å². The Kier molecular flexibility index (Phi) is 3.93. The molecule has 0 saturated carbocycles. The fraction of sp³-hybridized carbons (Fsp3) is 0.909. The molecule has 1 saturated heterocycles. The van der Waals surface area contributed by atoms with Gasteiger partial charge in [0.15, 0.2) is 0 Å². The highest BCUT2D eigenvalue weighted by Gasteiger charge is 2.32. The molecule has 2 atom stereocenters. The fourth-order valence-corrected chi connectivity index (χ4v) is 2.53. The molecule has 3 nitrogen and oxygen atoms in total. The fourth-order valence-electron chi connectivity index (χ4n) is 2.53. The molecule has 0 spiro atoms. The highest BCUT2D eigenvalue weighted by Crippen LogP contribution is 2.28. The quantitative estimate of drug-likeness (QED) is 0.752. The summed E-state index contributed by atoms with van der Waals surface area (Å²) in [6.07, 6.45) is 2.21. The van der Waals surface area contributed by atoms with Crippen LogP contribution in [-0.2, 0) is 4.79 Å². The Balaban J connectivity index is 2.63. The average Bonchev–Trinajstić information content (AvgIpc) is 2.02. The zero-order valence-corrected chi connectivity index (χ0v) is 9.36. The molecular formula is C11H21NO2. The third-order valence-electron chi connectivity index (χ3n) is 3.17. The number of hydrogen-bond donors (Lipinski definition) is 1. The summed E-state index contributed by atoms with van der Waals surface area (Å²) in [5.41, 5.74) is 0. The summed E-state index contributed by atoms with van der Waals surface area (Å²) >= 11 is 0. The second-order valence-corrected chi connectivity index (χ2v) is 4.77. The molecule has 0 bridgehead atoms. The highest BCUT2D eigenvalue weighted by molar-refractivity contribution is 5.70. The minimum atomic E-state index is -0.625. The van der Waals surface area contributed by atoms with Crippen LogP contribution < -0.4 is 0 Å². The van der Waals surface area contributed by atoms with Gasteiger partial charge in [-0.1, -0.05) is 13.8 Å². The molecule has 2 unspecified atom stereocenters. The van der Waals surface area contributed by atoms with Gasteiger partial charge in [0, 0.05) is 6.54 Å². The van der Waals surface area contributed by atoms with Gasteiger partial charge in [-0.25, -0.2) is 0 Å². The molecule has 1 heterocycles. The number of aliphatic carboxylic acids is 1. The van der Waals surface area contributed by atoms with Crippen molar-refractivity contribution in [2.75, 3.05) is 20.1 Å². The third kappa shape index (κ3) is 2.71. The number of hydrogen-bond acceptors (Lipinski definition) is 2. The molecule has 1 aliphatic rings. The van der Waals surface area contributed by atoms with Crippen molar-refractivity contribution in [3.63, 3.8) is 0 Å². The topological polar surface area (TPSA) is 40.5 Å². The zero-order chi connectivity index (χ0) is 10.7. The summed E-state index contributed by atoms with van der Waals surface area (Å²) in [6, 6.07) is 0. The molecule has 0 radical (unpaired) electrons. The van der Waals surface area contributed by atoms with E-state index in [1.807, 2.05) is 13.8 Å². The number of nitrogens with zero attached hydrogens (tertiary/aromatic N) is 1. The van der Waals surface area contributed by atoms with Crippen LogP contribution in [0.5, 0.6) is 0 Å². The van der Waals surface area contributed by atoms with Gasteiger partial charge in [-0.2, -0.15) is 0 Å². The van der Waals surface area contributed by atoms with E-state index >= 15 is 0 Å². The van der Waals surface area contributed by atoms with Gasteiger partial charge in [-0.15, -0.1) is 0 Å². The van der Waals surface area contributed by atoms with Gasteiger partial charge < -0.3 is 10.0 Å². The molecule has 0 aliphatic carbocycles. The van der Waals surface area contributed by atoms with Crippen molar-refractivity contribution in [2.24, 2.45) is 17.8 Å². The van der Waals surface area contributed by atoms with Gasteiger partial charge in [-0.05, 0) is 38.3 Å². The normalized spacial score (nSPS) is 26.4. The molecule has 1 fully saturated rings. The van der Waals surface area contributed by atoms with Crippen LogP contribution in [0.15, 0.2) is 0 Å². The minimum Gasteiger partial charge on any atom is -0.481 e. The predicted octanol–water partition coefficient (Wildman–Crippen LogP) is 1.69. The van der Waals surface area contributed by atoms with E-state index < -0.39 is 5.97 Å². The van der Waals surface area contributed by atoms with Crippen molar-refractivity contribution in [3.05, 3.63) is 0 Å². The van der Waals surface area contributed by atoms with Crippen LogP contribution in [0.1, 0.15) is 26.7 Å². The lowest BCUT2D eigenvalue weighted by Crippen LogP contribution is -2.40. The van der Waals surface area contributed by atoms with E-state index in [9.17, 15) is 4.79 Å². The van der Waals surface area contributed by atoms with Crippen molar-refractivity contribution < 1.29 is 9.90 Å². The minimum absolute atomic E-state index is 0.169. The second-order valence-electron chi connectivity index (χ2n) is 4.77. The molecule has 1 N–H and O–H groups in total. The summed E-state index contributed by atoms with van der Waals surface area (Å²) in [5.74, 6) is -0.215. The largest absolute Gasteiger partial charge is 0.481 e. The molecule has 14 heavy (non-hydrogen) atoms. The second kappa shape index (κ2) is 4.78. The van der Waals surface area contributed by atoms with Crippen LogP contribution in [0.2, 0.25) is 0 Å². The van der Waals surface area contributed by atoms with Crippen LogP contribution in [0.3, 0.4) is 0 Å². The monoisotopic (exact) mass is 199 g/mol. The van der Waals surface area contributed by atoms with Crippen molar-refractivity contribution in [3.8, 4) is 0 Å². The lowest BCUT2D eigenvalue weighted by molar-refractivity contribution is -0.146. The molecular weight excluding hydrogens is 178 g/mol. The summed E-state index contributed by atoms with van der Waals surface area (Å²) < 4.78 is 0. The summed E-state index contributed by atoms with van der Waals surface area (Å²) in [4.78, 5) is 13.4. The van der Waals surface area contributed by atoms with Crippen LogP contribution in [-0.4, -0.2) is 36.1 Å². The molecule has 0 amide bonds. The van der Waals surface area contributed by atoms with Crippen LogP contribution in [0.25, 0.3) is 0 Å².